The normalized spacial score (nSPS) is 38.4. The molecule has 1 radical (unpaired) electrons. The van der Waals surface area contributed by atoms with Crippen molar-refractivity contribution in [2.45, 2.75) is 26.2 Å². The second-order valence-electron chi connectivity index (χ2n) is 3.60. The van der Waals surface area contributed by atoms with Gasteiger partial charge in [-0.15, -0.1) is 0 Å². The molecule has 2 rings (SSSR count). The van der Waals surface area contributed by atoms with Gasteiger partial charge in [-0.1, -0.05) is 23.3 Å². The number of fused-ring (bicyclic) bond motifs is 2. The van der Waals surface area contributed by atoms with Gasteiger partial charge in [0.25, 0.3) is 0 Å². The number of allylic oxidation sites excluding steroid dienone is 4. The molecule has 2 unspecified atom stereocenters. The molecular formula is C11H15. The molecule has 0 aromatic rings. The van der Waals surface area contributed by atoms with Crippen molar-refractivity contribution in [1.82, 2.24) is 0 Å². The fraction of sp³-hybridized carbons (Fsp3) is 0.545. The zero-order valence-electron chi connectivity index (χ0n) is 7.14. The summed E-state index contributed by atoms with van der Waals surface area (Å²) >= 11 is 0. The smallest absolute Gasteiger partial charge is 0.00146 e. The molecule has 0 aliphatic heterocycles. The van der Waals surface area contributed by atoms with E-state index in [0.29, 0.717) is 0 Å². The van der Waals surface area contributed by atoms with Crippen LogP contribution < -0.4 is 0 Å². The summed E-state index contributed by atoms with van der Waals surface area (Å²) in [5.41, 5.74) is 3.27. The van der Waals surface area contributed by atoms with Crippen LogP contribution in [0.25, 0.3) is 0 Å². The van der Waals surface area contributed by atoms with Gasteiger partial charge in [0.1, 0.15) is 0 Å². The molecule has 59 valence electrons. The van der Waals surface area contributed by atoms with Gasteiger partial charge in [0.15, 0.2) is 0 Å². The van der Waals surface area contributed by atoms with Gasteiger partial charge < -0.3 is 0 Å². The van der Waals surface area contributed by atoms with Crippen LogP contribution in [0.15, 0.2) is 23.3 Å². The van der Waals surface area contributed by atoms with Crippen molar-refractivity contribution in [3.05, 3.63) is 30.2 Å². The third kappa shape index (κ3) is 0.962. The topological polar surface area (TPSA) is 0 Å². The molecule has 0 aromatic heterocycles. The second kappa shape index (κ2) is 2.51. The highest BCUT2D eigenvalue weighted by Crippen LogP contribution is 2.47. The van der Waals surface area contributed by atoms with Crippen molar-refractivity contribution in [3.8, 4) is 0 Å². The zero-order valence-corrected chi connectivity index (χ0v) is 7.14. The van der Waals surface area contributed by atoms with Gasteiger partial charge in [-0.25, -0.2) is 0 Å². The highest BCUT2D eigenvalue weighted by Gasteiger charge is 2.34. The highest BCUT2D eigenvalue weighted by molar-refractivity contribution is 5.32. The van der Waals surface area contributed by atoms with E-state index in [1.807, 2.05) is 0 Å². The van der Waals surface area contributed by atoms with E-state index in [1.165, 1.54) is 12.8 Å². The molecule has 2 atom stereocenters. The molecule has 2 aliphatic rings. The molecule has 0 aromatic carbocycles. The van der Waals surface area contributed by atoms with E-state index < -0.39 is 0 Å². The summed E-state index contributed by atoms with van der Waals surface area (Å²) in [5.74, 6) is 1.66. The SMILES string of the molecule is [CH2]CC1=CC2CC1CC2=CC. The van der Waals surface area contributed by atoms with E-state index in [1.54, 1.807) is 11.1 Å². The Balaban J connectivity index is 2.22. The Hall–Kier alpha value is -0.520. The Morgan fingerprint density at radius 1 is 1.73 bits per heavy atom. The Labute approximate surface area is 69.0 Å². The summed E-state index contributed by atoms with van der Waals surface area (Å²) in [6.07, 6.45) is 8.46. The Morgan fingerprint density at radius 2 is 2.55 bits per heavy atom. The average molecular weight is 147 g/mol. The predicted molar refractivity (Wildman–Crippen MR) is 48.0 cm³/mol. The van der Waals surface area contributed by atoms with Crippen LogP contribution in [0, 0.1) is 18.8 Å². The molecule has 11 heavy (non-hydrogen) atoms. The largest absolute Gasteiger partial charge is 0.0878 e. The maximum absolute atomic E-state index is 3.95. The Kier molecular flexibility index (Phi) is 1.63. The predicted octanol–water partition coefficient (Wildman–Crippen LogP) is 3.12. The monoisotopic (exact) mass is 147 g/mol. The van der Waals surface area contributed by atoms with E-state index in [9.17, 15) is 0 Å². The van der Waals surface area contributed by atoms with Gasteiger partial charge in [-0.05, 0) is 44.9 Å². The molecule has 0 heterocycles. The molecule has 1 fully saturated rings. The standard InChI is InChI=1S/C11H15/c1-3-8-5-11-7-10(8)6-9(11)4-2/h4-5,10-11H,1,3,6-7H2,2H3. The summed E-state index contributed by atoms with van der Waals surface area (Å²) in [6.45, 7) is 6.11. The van der Waals surface area contributed by atoms with Gasteiger partial charge in [-0.3, -0.25) is 0 Å². The first kappa shape index (κ1) is 7.15. The van der Waals surface area contributed by atoms with E-state index in [2.05, 4.69) is 26.0 Å². The number of hydrogen-bond acceptors (Lipinski definition) is 0. The molecule has 0 spiro atoms. The maximum Gasteiger partial charge on any atom is -0.00146 e. The summed E-state index contributed by atoms with van der Waals surface area (Å²) in [6, 6.07) is 0. The second-order valence-corrected chi connectivity index (χ2v) is 3.60. The molecule has 1 saturated carbocycles. The molecule has 0 amide bonds. The summed E-state index contributed by atoms with van der Waals surface area (Å²) in [4.78, 5) is 0. The van der Waals surface area contributed by atoms with Gasteiger partial charge in [0.2, 0.25) is 0 Å². The van der Waals surface area contributed by atoms with Crippen LogP contribution in [-0.2, 0) is 0 Å². The first-order valence-corrected chi connectivity index (χ1v) is 4.50. The summed E-state index contributed by atoms with van der Waals surface area (Å²) in [5, 5.41) is 0. The lowest BCUT2D eigenvalue weighted by Crippen LogP contribution is -1.97. The van der Waals surface area contributed by atoms with E-state index in [4.69, 9.17) is 0 Å². The van der Waals surface area contributed by atoms with Gasteiger partial charge in [0.05, 0.1) is 0 Å². The minimum atomic E-state index is 0.793. The van der Waals surface area contributed by atoms with Crippen molar-refractivity contribution in [2.24, 2.45) is 11.8 Å². The molecule has 0 heteroatoms. The lowest BCUT2D eigenvalue weighted by Gasteiger charge is -2.12. The highest BCUT2D eigenvalue weighted by atomic mass is 14.4. The van der Waals surface area contributed by atoms with Gasteiger partial charge in [0, 0.05) is 0 Å². The first-order valence-electron chi connectivity index (χ1n) is 4.50. The van der Waals surface area contributed by atoms with Gasteiger partial charge in [-0.2, -0.15) is 0 Å². The van der Waals surface area contributed by atoms with Crippen LogP contribution in [0.5, 0.6) is 0 Å². The minimum absolute atomic E-state index is 0.793. The first-order chi connectivity index (χ1) is 5.35. The van der Waals surface area contributed by atoms with Crippen molar-refractivity contribution < 1.29 is 0 Å². The molecule has 2 bridgehead atoms. The van der Waals surface area contributed by atoms with Crippen molar-refractivity contribution in [2.75, 3.05) is 0 Å². The maximum atomic E-state index is 3.95. The summed E-state index contributed by atoms with van der Waals surface area (Å²) < 4.78 is 0. The quantitative estimate of drug-likeness (QED) is 0.500. The van der Waals surface area contributed by atoms with Crippen LogP contribution >= 0.6 is 0 Å². The fourth-order valence-corrected chi connectivity index (χ4v) is 2.45. The lowest BCUT2D eigenvalue weighted by atomic mass is 9.93. The van der Waals surface area contributed by atoms with Crippen LogP contribution in [0.2, 0.25) is 0 Å². The molecule has 0 saturated heterocycles. The van der Waals surface area contributed by atoms with E-state index in [-0.39, 0.29) is 0 Å². The van der Waals surface area contributed by atoms with Crippen molar-refractivity contribution in [3.63, 3.8) is 0 Å². The van der Waals surface area contributed by atoms with Crippen LogP contribution in [0.1, 0.15) is 26.2 Å². The number of hydrogen-bond donors (Lipinski definition) is 0. The third-order valence-electron chi connectivity index (χ3n) is 3.10. The van der Waals surface area contributed by atoms with Crippen molar-refractivity contribution in [1.29, 1.82) is 0 Å². The lowest BCUT2D eigenvalue weighted by molar-refractivity contribution is 0.651. The van der Waals surface area contributed by atoms with Crippen LogP contribution in [0.4, 0.5) is 0 Å². The number of rotatable bonds is 1. The molecular weight excluding hydrogens is 132 g/mol. The zero-order chi connectivity index (χ0) is 7.84. The van der Waals surface area contributed by atoms with Gasteiger partial charge >= 0.3 is 0 Å². The van der Waals surface area contributed by atoms with E-state index >= 15 is 0 Å². The Bertz CT molecular complexity index is 220. The minimum Gasteiger partial charge on any atom is -0.0878 e. The average Bonchev–Trinajstić information content (AvgIpc) is 2.60. The van der Waals surface area contributed by atoms with Crippen LogP contribution in [-0.4, -0.2) is 0 Å². The molecule has 0 nitrogen and oxygen atoms in total. The third-order valence-corrected chi connectivity index (χ3v) is 3.10. The Morgan fingerprint density at radius 3 is 3.00 bits per heavy atom. The molecule has 0 N–H and O–H groups in total. The van der Waals surface area contributed by atoms with Crippen molar-refractivity contribution >= 4 is 0 Å². The fourth-order valence-electron chi connectivity index (χ4n) is 2.45. The van der Waals surface area contributed by atoms with E-state index in [0.717, 1.165) is 18.3 Å². The molecule has 2 aliphatic carbocycles. The van der Waals surface area contributed by atoms with Crippen LogP contribution in [0.3, 0.4) is 0 Å². The summed E-state index contributed by atoms with van der Waals surface area (Å²) in [7, 11) is 0.